The molecule has 3 rings (SSSR count). The van der Waals surface area contributed by atoms with Crippen molar-refractivity contribution in [3.05, 3.63) is 57.3 Å². The van der Waals surface area contributed by atoms with Crippen molar-refractivity contribution >= 4 is 44.8 Å². The lowest BCUT2D eigenvalue weighted by Gasteiger charge is -2.13. The maximum absolute atomic E-state index is 13.4. The van der Waals surface area contributed by atoms with Gasteiger partial charge in [-0.3, -0.25) is 4.79 Å². The van der Waals surface area contributed by atoms with Gasteiger partial charge in [0.2, 0.25) is 0 Å². The molecule has 0 fully saturated rings. The molecule has 1 aliphatic rings. The second kappa shape index (κ2) is 5.07. The van der Waals surface area contributed by atoms with Gasteiger partial charge in [-0.1, -0.05) is 27.5 Å². The number of carbonyl (C=O) groups excluding carboxylic acids is 1. The van der Waals surface area contributed by atoms with E-state index >= 15 is 0 Å². The number of hydrogen-bond acceptors (Lipinski definition) is 2. The van der Waals surface area contributed by atoms with E-state index in [4.69, 9.17) is 11.6 Å². The van der Waals surface area contributed by atoms with Gasteiger partial charge in [0.05, 0.1) is 5.02 Å². The van der Waals surface area contributed by atoms with Crippen LogP contribution in [0.15, 0.2) is 40.9 Å². The van der Waals surface area contributed by atoms with Crippen LogP contribution >= 0.6 is 27.5 Å². The van der Waals surface area contributed by atoms with Crippen molar-refractivity contribution in [2.24, 2.45) is 0 Å². The van der Waals surface area contributed by atoms with E-state index in [9.17, 15) is 9.18 Å². The zero-order valence-electron chi connectivity index (χ0n) is 10.1. The largest absolute Gasteiger partial charge is 0.370 e. The summed E-state index contributed by atoms with van der Waals surface area (Å²) in [5.41, 5.74) is 2.07. The first-order valence-corrected chi connectivity index (χ1v) is 7.03. The summed E-state index contributed by atoms with van der Waals surface area (Å²) in [6.45, 7) is 0. The Morgan fingerprint density at radius 3 is 2.80 bits per heavy atom. The van der Waals surface area contributed by atoms with Gasteiger partial charge in [0.15, 0.2) is 0 Å². The van der Waals surface area contributed by atoms with Gasteiger partial charge < -0.3 is 10.6 Å². The summed E-state index contributed by atoms with van der Waals surface area (Å²) >= 11 is 9.01. The van der Waals surface area contributed by atoms with Crippen LogP contribution in [0.25, 0.3) is 0 Å². The van der Waals surface area contributed by atoms with Crippen LogP contribution in [0.2, 0.25) is 5.02 Å². The lowest BCUT2D eigenvalue weighted by molar-refractivity contribution is -0.116. The molecule has 0 aromatic heterocycles. The molecule has 2 N–H and O–H groups in total. The molecule has 1 amide bonds. The highest BCUT2D eigenvalue weighted by molar-refractivity contribution is 9.10. The Labute approximate surface area is 128 Å². The second-order valence-corrected chi connectivity index (χ2v) is 5.75. The highest BCUT2D eigenvalue weighted by atomic mass is 79.9. The summed E-state index contributed by atoms with van der Waals surface area (Å²) in [5.74, 6) is -0.696. The molecule has 0 bridgehead atoms. The normalized spacial score (nSPS) is 16.8. The Kier molecular flexibility index (Phi) is 3.40. The summed E-state index contributed by atoms with van der Waals surface area (Å²) in [6.07, 6.45) is 0. The van der Waals surface area contributed by atoms with Crippen LogP contribution in [0.5, 0.6) is 0 Å². The molecule has 3 nitrogen and oxygen atoms in total. The van der Waals surface area contributed by atoms with E-state index in [1.807, 2.05) is 18.2 Å². The third-order valence-electron chi connectivity index (χ3n) is 3.08. The molecule has 102 valence electrons. The van der Waals surface area contributed by atoms with Crippen molar-refractivity contribution in [1.82, 2.24) is 0 Å². The third-order valence-corrected chi connectivity index (χ3v) is 3.88. The van der Waals surface area contributed by atoms with Gasteiger partial charge in [-0.05, 0) is 36.4 Å². The standard InChI is InChI=1S/C14H9BrClFN2O/c15-7-1-4-12-9(5-7)13(14(20)19-12)18-8-2-3-10(16)11(17)6-8/h1-6,13,18H,(H,19,20). The first-order valence-electron chi connectivity index (χ1n) is 5.86. The Bertz CT molecular complexity index is 708. The Morgan fingerprint density at radius 2 is 2.05 bits per heavy atom. The monoisotopic (exact) mass is 354 g/mol. The van der Waals surface area contributed by atoms with Crippen LogP contribution in [0.1, 0.15) is 11.6 Å². The topological polar surface area (TPSA) is 41.1 Å². The maximum Gasteiger partial charge on any atom is 0.251 e. The first-order chi connectivity index (χ1) is 9.54. The number of benzene rings is 2. The maximum atomic E-state index is 13.4. The van der Waals surface area contributed by atoms with Crippen LogP contribution in [0.3, 0.4) is 0 Å². The van der Waals surface area contributed by atoms with Gasteiger partial charge in [0.25, 0.3) is 5.91 Å². The highest BCUT2D eigenvalue weighted by Crippen LogP contribution is 2.35. The van der Waals surface area contributed by atoms with E-state index in [1.165, 1.54) is 12.1 Å². The summed E-state index contributed by atoms with van der Waals surface area (Å²) in [7, 11) is 0. The molecule has 0 saturated carbocycles. The molecule has 20 heavy (non-hydrogen) atoms. The molecular weight excluding hydrogens is 347 g/mol. The molecule has 1 heterocycles. The minimum absolute atomic E-state index is 0.0505. The van der Waals surface area contributed by atoms with Crippen molar-refractivity contribution < 1.29 is 9.18 Å². The van der Waals surface area contributed by atoms with Gasteiger partial charge in [0, 0.05) is 21.4 Å². The molecule has 0 radical (unpaired) electrons. The lowest BCUT2D eigenvalue weighted by atomic mass is 10.1. The molecule has 6 heteroatoms. The van der Waals surface area contributed by atoms with Crippen molar-refractivity contribution in [3.8, 4) is 0 Å². The molecule has 2 aromatic carbocycles. The van der Waals surface area contributed by atoms with Crippen LogP contribution < -0.4 is 10.6 Å². The van der Waals surface area contributed by atoms with Gasteiger partial charge >= 0.3 is 0 Å². The number of nitrogens with one attached hydrogen (secondary N) is 2. The van der Waals surface area contributed by atoms with Gasteiger partial charge in [-0.2, -0.15) is 0 Å². The number of rotatable bonds is 2. The summed E-state index contributed by atoms with van der Waals surface area (Å²) in [5, 5.41) is 5.84. The number of amides is 1. The summed E-state index contributed by atoms with van der Waals surface area (Å²) < 4.78 is 14.3. The van der Waals surface area contributed by atoms with Crippen LogP contribution in [0, 0.1) is 5.82 Å². The van der Waals surface area contributed by atoms with E-state index in [1.54, 1.807) is 6.07 Å². The van der Waals surface area contributed by atoms with Crippen molar-refractivity contribution in [2.75, 3.05) is 10.6 Å². The van der Waals surface area contributed by atoms with Crippen molar-refractivity contribution in [3.63, 3.8) is 0 Å². The lowest BCUT2D eigenvalue weighted by Crippen LogP contribution is -2.19. The molecule has 1 atom stereocenters. The Hall–Kier alpha value is -1.59. The van der Waals surface area contributed by atoms with Gasteiger partial charge in [-0.25, -0.2) is 4.39 Å². The average Bonchev–Trinajstić information content (AvgIpc) is 2.70. The number of hydrogen-bond donors (Lipinski definition) is 2. The molecule has 2 aromatic rings. The third kappa shape index (κ3) is 2.39. The number of fused-ring (bicyclic) bond motifs is 1. The van der Waals surface area contributed by atoms with Crippen LogP contribution in [0.4, 0.5) is 15.8 Å². The van der Waals surface area contributed by atoms with Crippen LogP contribution in [-0.2, 0) is 4.79 Å². The van der Waals surface area contributed by atoms with E-state index < -0.39 is 11.9 Å². The van der Waals surface area contributed by atoms with Crippen molar-refractivity contribution in [1.29, 1.82) is 0 Å². The Morgan fingerprint density at radius 1 is 1.25 bits per heavy atom. The molecule has 1 unspecified atom stereocenters. The van der Waals surface area contributed by atoms with E-state index in [0.29, 0.717) is 5.69 Å². The highest BCUT2D eigenvalue weighted by Gasteiger charge is 2.30. The van der Waals surface area contributed by atoms with E-state index in [2.05, 4.69) is 26.6 Å². The molecule has 1 aliphatic heterocycles. The molecule has 0 saturated heterocycles. The summed E-state index contributed by atoms with van der Waals surface area (Å²) in [4.78, 5) is 12.0. The summed E-state index contributed by atoms with van der Waals surface area (Å²) in [6, 6.07) is 9.33. The smallest absolute Gasteiger partial charge is 0.251 e. The predicted molar refractivity (Wildman–Crippen MR) is 80.5 cm³/mol. The number of anilines is 2. The molecule has 0 spiro atoms. The minimum atomic E-state index is -0.553. The Balaban J connectivity index is 1.93. The fraction of sp³-hybridized carbons (Fsp3) is 0.0714. The number of carbonyl (C=O) groups is 1. The SMILES string of the molecule is O=C1Nc2ccc(Br)cc2C1Nc1ccc(Cl)c(F)c1. The predicted octanol–water partition coefficient (Wildman–Crippen LogP) is 4.35. The van der Waals surface area contributed by atoms with Crippen LogP contribution in [-0.4, -0.2) is 5.91 Å². The fourth-order valence-electron chi connectivity index (χ4n) is 2.13. The quantitative estimate of drug-likeness (QED) is 0.841. The molecular formula is C14H9BrClFN2O. The van der Waals surface area contributed by atoms with E-state index in [0.717, 1.165) is 15.7 Å². The second-order valence-electron chi connectivity index (χ2n) is 4.43. The van der Waals surface area contributed by atoms with E-state index in [-0.39, 0.29) is 10.9 Å². The molecule has 0 aliphatic carbocycles. The average molecular weight is 356 g/mol. The zero-order chi connectivity index (χ0) is 14.3. The first kappa shape index (κ1) is 13.4. The van der Waals surface area contributed by atoms with Gasteiger partial charge in [-0.15, -0.1) is 0 Å². The fourth-order valence-corrected chi connectivity index (χ4v) is 2.62. The zero-order valence-corrected chi connectivity index (χ0v) is 12.4. The minimum Gasteiger partial charge on any atom is -0.370 e. The van der Waals surface area contributed by atoms with Gasteiger partial charge in [0.1, 0.15) is 11.9 Å². The van der Waals surface area contributed by atoms with Crippen molar-refractivity contribution in [2.45, 2.75) is 6.04 Å². The number of halogens is 3.